The van der Waals surface area contributed by atoms with Crippen molar-refractivity contribution in [2.75, 3.05) is 16.8 Å². The van der Waals surface area contributed by atoms with Crippen molar-refractivity contribution in [2.24, 2.45) is 5.92 Å². The van der Waals surface area contributed by atoms with Crippen molar-refractivity contribution in [3.05, 3.63) is 77.8 Å². The van der Waals surface area contributed by atoms with Crippen LogP contribution in [-0.2, 0) is 20.8 Å². The molecule has 0 spiro atoms. The zero-order chi connectivity index (χ0) is 21.6. The molecule has 0 saturated carbocycles. The second-order valence-electron chi connectivity index (χ2n) is 7.32. The minimum Gasteiger partial charge on any atom is -0.344 e. The van der Waals surface area contributed by atoms with Crippen molar-refractivity contribution < 1.29 is 14.4 Å². The highest BCUT2D eigenvalue weighted by Crippen LogP contribution is 2.25. The third-order valence-electron chi connectivity index (χ3n) is 5.14. The second-order valence-corrected chi connectivity index (χ2v) is 8.21. The monoisotopic (exact) mass is 434 g/mol. The Morgan fingerprint density at radius 3 is 2.48 bits per heavy atom. The maximum Gasteiger partial charge on any atom is 0.249 e. The maximum absolute atomic E-state index is 13.0. The summed E-state index contributed by atoms with van der Waals surface area (Å²) in [6.45, 7) is 0.292. The Bertz CT molecular complexity index is 1040. The first-order valence-corrected chi connectivity index (χ1v) is 10.9. The van der Waals surface area contributed by atoms with E-state index in [1.165, 1.54) is 11.3 Å². The zero-order valence-electron chi connectivity index (χ0n) is 16.7. The van der Waals surface area contributed by atoms with Gasteiger partial charge in [0.1, 0.15) is 6.04 Å². The van der Waals surface area contributed by atoms with Gasteiger partial charge in [0.15, 0.2) is 5.13 Å². The summed E-state index contributed by atoms with van der Waals surface area (Å²) in [4.78, 5) is 44.0. The summed E-state index contributed by atoms with van der Waals surface area (Å²) in [5, 5.41) is 7.86. The summed E-state index contributed by atoms with van der Waals surface area (Å²) in [5.74, 6) is -1.25. The van der Waals surface area contributed by atoms with Gasteiger partial charge in [-0.25, -0.2) is 4.98 Å². The first-order chi connectivity index (χ1) is 15.1. The van der Waals surface area contributed by atoms with E-state index in [0.717, 1.165) is 11.3 Å². The Kier molecular flexibility index (Phi) is 6.37. The molecule has 1 saturated heterocycles. The summed E-state index contributed by atoms with van der Waals surface area (Å²) < 4.78 is 0. The number of hydrogen-bond acceptors (Lipinski definition) is 5. The Morgan fingerprint density at radius 2 is 1.81 bits per heavy atom. The van der Waals surface area contributed by atoms with E-state index >= 15 is 0 Å². The number of hydrogen-bond donors (Lipinski definition) is 2. The van der Waals surface area contributed by atoms with E-state index in [1.807, 2.05) is 60.7 Å². The van der Waals surface area contributed by atoms with Gasteiger partial charge in [0.25, 0.3) is 0 Å². The molecular weight excluding hydrogens is 412 g/mol. The number of carbonyl (C=O) groups is 3. The van der Waals surface area contributed by atoms with Gasteiger partial charge in [-0.05, 0) is 17.7 Å². The number of anilines is 2. The molecule has 2 atom stereocenters. The number of nitrogens with one attached hydrogen (secondary N) is 2. The smallest absolute Gasteiger partial charge is 0.249 e. The SMILES string of the molecule is O=C(N[C@@H](Cc1ccccc1)C(=O)Nc1nccs1)[C@H]1CC(=O)N(c2ccccc2)C1. The third kappa shape index (κ3) is 5.16. The molecule has 4 rings (SSSR count). The largest absolute Gasteiger partial charge is 0.344 e. The number of benzene rings is 2. The topological polar surface area (TPSA) is 91.4 Å². The number of nitrogens with zero attached hydrogens (tertiary/aromatic N) is 2. The predicted molar refractivity (Wildman–Crippen MR) is 120 cm³/mol. The molecule has 1 fully saturated rings. The van der Waals surface area contributed by atoms with Gasteiger partial charge < -0.3 is 15.5 Å². The minimum absolute atomic E-state index is 0.0989. The average molecular weight is 435 g/mol. The van der Waals surface area contributed by atoms with Crippen LogP contribution in [0.3, 0.4) is 0 Å². The molecule has 3 amide bonds. The highest BCUT2D eigenvalue weighted by molar-refractivity contribution is 7.13. The number of rotatable bonds is 7. The van der Waals surface area contributed by atoms with Crippen LogP contribution < -0.4 is 15.5 Å². The van der Waals surface area contributed by atoms with E-state index in [0.29, 0.717) is 18.1 Å². The van der Waals surface area contributed by atoms with Crippen LogP contribution in [0.1, 0.15) is 12.0 Å². The molecule has 31 heavy (non-hydrogen) atoms. The van der Waals surface area contributed by atoms with Crippen molar-refractivity contribution in [1.29, 1.82) is 0 Å². The van der Waals surface area contributed by atoms with E-state index in [1.54, 1.807) is 16.5 Å². The van der Waals surface area contributed by atoms with Gasteiger partial charge >= 0.3 is 0 Å². The van der Waals surface area contributed by atoms with Gasteiger partial charge in [0, 0.05) is 36.7 Å². The van der Waals surface area contributed by atoms with E-state index in [-0.39, 0.29) is 24.1 Å². The van der Waals surface area contributed by atoms with Gasteiger partial charge in [0.2, 0.25) is 17.7 Å². The van der Waals surface area contributed by atoms with Crippen molar-refractivity contribution in [1.82, 2.24) is 10.3 Å². The van der Waals surface area contributed by atoms with Gasteiger partial charge in [-0.3, -0.25) is 14.4 Å². The van der Waals surface area contributed by atoms with E-state index in [2.05, 4.69) is 15.6 Å². The lowest BCUT2D eigenvalue weighted by Gasteiger charge is -2.20. The van der Waals surface area contributed by atoms with E-state index in [9.17, 15) is 14.4 Å². The fraction of sp³-hybridized carbons (Fsp3) is 0.217. The molecule has 0 radical (unpaired) electrons. The second kappa shape index (κ2) is 9.53. The molecule has 2 aromatic carbocycles. The van der Waals surface area contributed by atoms with Crippen LogP contribution >= 0.6 is 11.3 Å². The molecule has 2 heterocycles. The highest BCUT2D eigenvalue weighted by Gasteiger charge is 2.36. The van der Waals surface area contributed by atoms with Crippen LogP contribution in [0.4, 0.5) is 10.8 Å². The van der Waals surface area contributed by atoms with Crippen molar-refractivity contribution in [2.45, 2.75) is 18.9 Å². The van der Waals surface area contributed by atoms with Gasteiger partial charge in [-0.1, -0.05) is 48.5 Å². The average Bonchev–Trinajstić information content (AvgIpc) is 3.44. The Labute approximate surface area is 184 Å². The zero-order valence-corrected chi connectivity index (χ0v) is 17.5. The molecule has 3 aromatic rings. The van der Waals surface area contributed by atoms with Gasteiger partial charge in [0.05, 0.1) is 5.92 Å². The number of thiazole rings is 1. The Morgan fingerprint density at radius 1 is 1.10 bits per heavy atom. The van der Waals surface area contributed by atoms with E-state index < -0.39 is 12.0 Å². The molecule has 0 aliphatic carbocycles. The maximum atomic E-state index is 13.0. The quantitative estimate of drug-likeness (QED) is 0.598. The summed E-state index contributed by atoms with van der Waals surface area (Å²) in [5.41, 5.74) is 1.70. The highest BCUT2D eigenvalue weighted by atomic mass is 32.1. The molecule has 8 heteroatoms. The molecule has 1 aliphatic rings. The summed E-state index contributed by atoms with van der Waals surface area (Å²) in [7, 11) is 0. The lowest BCUT2D eigenvalue weighted by molar-refractivity contribution is -0.129. The molecular formula is C23H22N4O3S. The lowest BCUT2D eigenvalue weighted by Crippen LogP contribution is -2.47. The van der Waals surface area contributed by atoms with Crippen LogP contribution in [-0.4, -0.2) is 35.3 Å². The van der Waals surface area contributed by atoms with Crippen LogP contribution in [0.25, 0.3) is 0 Å². The fourth-order valence-electron chi connectivity index (χ4n) is 3.57. The molecule has 1 aliphatic heterocycles. The number of amides is 3. The first kappa shape index (κ1) is 20.7. The van der Waals surface area contributed by atoms with Crippen LogP contribution in [0.15, 0.2) is 72.2 Å². The first-order valence-electron chi connectivity index (χ1n) is 10.0. The Balaban J connectivity index is 1.46. The predicted octanol–water partition coefficient (Wildman–Crippen LogP) is 2.86. The van der Waals surface area contributed by atoms with Crippen LogP contribution in [0.2, 0.25) is 0 Å². The summed E-state index contributed by atoms with van der Waals surface area (Å²) in [6.07, 6.45) is 2.06. The summed E-state index contributed by atoms with van der Waals surface area (Å²) >= 11 is 1.31. The molecule has 7 nitrogen and oxygen atoms in total. The van der Waals surface area contributed by atoms with Crippen molar-refractivity contribution in [3.8, 4) is 0 Å². The number of carbonyl (C=O) groups excluding carboxylic acids is 3. The minimum atomic E-state index is -0.778. The number of para-hydroxylation sites is 1. The molecule has 158 valence electrons. The lowest BCUT2D eigenvalue weighted by atomic mass is 10.0. The van der Waals surface area contributed by atoms with Crippen LogP contribution in [0, 0.1) is 5.92 Å². The van der Waals surface area contributed by atoms with Gasteiger partial charge in [-0.2, -0.15) is 0 Å². The fourth-order valence-corrected chi connectivity index (χ4v) is 4.10. The Hall–Kier alpha value is -3.52. The molecule has 0 bridgehead atoms. The molecule has 0 unspecified atom stereocenters. The standard InChI is InChI=1S/C23H22N4O3S/c28-20-14-17(15-27(20)18-9-5-2-6-10-18)21(29)25-19(13-16-7-3-1-4-8-16)22(30)26-23-24-11-12-31-23/h1-12,17,19H,13-15H2,(H,25,29)(H,24,26,30)/t17-,19-/m0/s1. The molecule has 1 aromatic heterocycles. The normalized spacial score (nSPS) is 16.7. The summed E-state index contributed by atoms with van der Waals surface area (Å²) in [6, 6.07) is 18.0. The third-order valence-corrected chi connectivity index (χ3v) is 5.83. The van der Waals surface area contributed by atoms with Gasteiger partial charge in [-0.15, -0.1) is 11.3 Å². The van der Waals surface area contributed by atoms with Crippen molar-refractivity contribution in [3.63, 3.8) is 0 Å². The molecule has 2 N–H and O–H groups in total. The van der Waals surface area contributed by atoms with Crippen molar-refractivity contribution >= 4 is 39.9 Å². The number of aromatic nitrogens is 1. The van der Waals surface area contributed by atoms with Crippen LogP contribution in [0.5, 0.6) is 0 Å². The van der Waals surface area contributed by atoms with E-state index in [4.69, 9.17) is 0 Å².